The molecule has 0 saturated carbocycles. The lowest BCUT2D eigenvalue weighted by Gasteiger charge is -2.28. The number of aromatic nitrogens is 3. The molecule has 0 aliphatic carbocycles. The van der Waals surface area contributed by atoms with Crippen LogP contribution in [-0.2, 0) is 13.1 Å². The van der Waals surface area contributed by atoms with Crippen LogP contribution in [0.2, 0.25) is 0 Å². The molecule has 0 bridgehead atoms. The highest BCUT2D eigenvalue weighted by Crippen LogP contribution is 2.20. The zero-order chi connectivity index (χ0) is 18.4. The molecule has 2 heterocycles. The molecule has 26 heavy (non-hydrogen) atoms. The molecule has 5 nitrogen and oxygen atoms in total. The van der Waals surface area contributed by atoms with E-state index in [-0.39, 0.29) is 0 Å². The van der Waals surface area contributed by atoms with Crippen molar-refractivity contribution in [1.29, 1.82) is 0 Å². The summed E-state index contributed by atoms with van der Waals surface area (Å²) in [7, 11) is 0. The zero-order valence-electron chi connectivity index (χ0n) is 15.6. The van der Waals surface area contributed by atoms with Crippen molar-refractivity contribution in [1.82, 2.24) is 15.0 Å². The Kier molecular flexibility index (Phi) is 5.79. The van der Waals surface area contributed by atoms with E-state index in [1.807, 2.05) is 31.2 Å². The van der Waals surface area contributed by atoms with Crippen LogP contribution in [0.1, 0.15) is 30.7 Å². The number of hydrogen-bond donors (Lipinski definition) is 1. The van der Waals surface area contributed by atoms with Crippen LogP contribution in [-0.4, -0.2) is 21.0 Å². The highest BCUT2D eigenvalue weighted by molar-refractivity contribution is 5.46. The minimum absolute atomic E-state index is 0.331. The molecule has 2 aromatic heterocycles. The van der Waals surface area contributed by atoms with Gasteiger partial charge >= 0.3 is 0 Å². The molecule has 0 saturated heterocycles. The summed E-state index contributed by atoms with van der Waals surface area (Å²) in [6, 6.07) is 16.8. The number of aryl methyl sites for hydroxylation is 1. The van der Waals surface area contributed by atoms with E-state index in [0.29, 0.717) is 18.5 Å². The monoisotopic (exact) mass is 347 g/mol. The molecule has 0 aliphatic heterocycles. The van der Waals surface area contributed by atoms with Crippen molar-refractivity contribution in [3.63, 3.8) is 0 Å². The summed E-state index contributed by atoms with van der Waals surface area (Å²) >= 11 is 0. The molecule has 0 fully saturated rings. The molecule has 1 aromatic carbocycles. The first-order valence-corrected chi connectivity index (χ1v) is 8.91. The van der Waals surface area contributed by atoms with Gasteiger partial charge in [-0.1, -0.05) is 30.3 Å². The maximum absolute atomic E-state index is 4.75. The van der Waals surface area contributed by atoms with Gasteiger partial charge in [-0.3, -0.25) is 4.98 Å². The van der Waals surface area contributed by atoms with Gasteiger partial charge < -0.3 is 10.2 Å². The number of anilines is 2. The van der Waals surface area contributed by atoms with Gasteiger partial charge in [-0.25, -0.2) is 4.98 Å². The van der Waals surface area contributed by atoms with Gasteiger partial charge in [0.2, 0.25) is 5.95 Å². The Balaban J connectivity index is 1.80. The highest BCUT2D eigenvalue weighted by atomic mass is 15.2. The fourth-order valence-electron chi connectivity index (χ4n) is 2.77. The lowest BCUT2D eigenvalue weighted by atomic mass is 10.2. The van der Waals surface area contributed by atoms with E-state index in [9.17, 15) is 0 Å². The van der Waals surface area contributed by atoms with Gasteiger partial charge in [-0.2, -0.15) is 4.98 Å². The number of pyridine rings is 1. The Labute approximate surface area is 155 Å². The quantitative estimate of drug-likeness (QED) is 0.694. The first kappa shape index (κ1) is 17.9. The third-order valence-corrected chi connectivity index (χ3v) is 4.15. The van der Waals surface area contributed by atoms with Crippen molar-refractivity contribution in [3.05, 3.63) is 77.7 Å². The Morgan fingerprint density at radius 3 is 2.38 bits per heavy atom. The fraction of sp³-hybridized carbons (Fsp3) is 0.286. The van der Waals surface area contributed by atoms with E-state index in [2.05, 4.69) is 58.3 Å². The van der Waals surface area contributed by atoms with Gasteiger partial charge in [0.1, 0.15) is 5.82 Å². The van der Waals surface area contributed by atoms with Crippen LogP contribution < -0.4 is 10.2 Å². The second-order valence-corrected chi connectivity index (χ2v) is 6.61. The van der Waals surface area contributed by atoms with E-state index in [1.54, 1.807) is 12.4 Å². The highest BCUT2D eigenvalue weighted by Gasteiger charge is 2.14. The summed E-state index contributed by atoms with van der Waals surface area (Å²) in [5.74, 6) is 1.59. The van der Waals surface area contributed by atoms with Crippen molar-refractivity contribution in [2.75, 3.05) is 10.2 Å². The Hall–Kier alpha value is -2.95. The van der Waals surface area contributed by atoms with Crippen molar-refractivity contribution >= 4 is 11.8 Å². The van der Waals surface area contributed by atoms with Crippen molar-refractivity contribution in [3.8, 4) is 0 Å². The summed E-state index contributed by atoms with van der Waals surface area (Å²) in [5, 5.41) is 3.32. The Bertz CT molecular complexity index is 818. The normalized spacial score (nSPS) is 10.8. The van der Waals surface area contributed by atoms with E-state index in [0.717, 1.165) is 23.6 Å². The topological polar surface area (TPSA) is 53.9 Å². The minimum Gasteiger partial charge on any atom is -0.350 e. The molecule has 5 heteroatoms. The van der Waals surface area contributed by atoms with E-state index in [4.69, 9.17) is 4.98 Å². The predicted molar refractivity (Wildman–Crippen MR) is 106 cm³/mol. The molecule has 0 radical (unpaired) electrons. The summed E-state index contributed by atoms with van der Waals surface area (Å²) in [4.78, 5) is 15.6. The lowest BCUT2D eigenvalue weighted by Crippen LogP contribution is -2.31. The SMILES string of the molecule is Cc1cc(N(Cc2ccccc2)C(C)C)nc(NCc2ccncc2)n1. The first-order valence-electron chi connectivity index (χ1n) is 8.91. The molecular weight excluding hydrogens is 322 g/mol. The number of nitrogens with zero attached hydrogens (tertiary/aromatic N) is 4. The molecule has 3 aromatic rings. The van der Waals surface area contributed by atoms with Crippen LogP contribution in [0.4, 0.5) is 11.8 Å². The van der Waals surface area contributed by atoms with Gasteiger partial charge in [0.15, 0.2) is 0 Å². The van der Waals surface area contributed by atoms with Crippen LogP contribution in [0.5, 0.6) is 0 Å². The summed E-state index contributed by atoms with van der Waals surface area (Å²) < 4.78 is 0. The smallest absolute Gasteiger partial charge is 0.225 e. The van der Waals surface area contributed by atoms with Crippen LogP contribution in [0.25, 0.3) is 0 Å². The van der Waals surface area contributed by atoms with Crippen LogP contribution in [0.3, 0.4) is 0 Å². The van der Waals surface area contributed by atoms with Crippen LogP contribution >= 0.6 is 0 Å². The second-order valence-electron chi connectivity index (χ2n) is 6.61. The molecule has 0 spiro atoms. The van der Waals surface area contributed by atoms with Crippen LogP contribution in [0, 0.1) is 6.92 Å². The molecule has 134 valence electrons. The third-order valence-electron chi connectivity index (χ3n) is 4.15. The van der Waals surface area contributed by atoms with Crippen molar-refractivity contribution in [2.24, 2.45) is 0 Å². The van der Waals surface area contributed by atoms with Gasteiger partial charge in [-0.15, -0.1) is 0 Å². The zero-order valence-corrected chi connectivity index (χ0v) is 15.6. The number of nitrogens with one attached hydrogen (secondary N) is 1. The van der Waals surface area contributed by atoms with E-state index in [1.165, 1.54) is 5.56 Å². The van der Waals surface area contributed by atoms with Crippen LogP contribution in [0.15, 0.2) is 60.9 Å². The maximum atomic E-state index is 4.75. The lowest BCUT2D eigenvalue weighted by molar-refractivity contribution is 0.671. The Morgan fingerprint density at radius 2 is 1.69 bits per heavy atom. The van der Waals surface area contributed by atoms with Gasteiger partial charge in [0.05, 0.1) is 0 Å². The van der Waals surface area contributed by atoms with Gasteiger partial charge in [0, 0.05) is 43.3 Å². The molecule has 0 aliphatic rings. The van der Waals surface area contributed by atoms with E-state index >= 15 is 0 Å². The van der Waals surface area contributed by atoms with E-state index < -0.39 is 0 Å². The molecule has 3 rings (SSSR count). The molecule has 1 N–H and O–H groups in total. The second kappa shape index (κ2) is 8.43. The number of benzene rings is 1. The average molecular weight is 347 g/mol. The molecular formula is C21H25N5. The molecule has 0 atom stereocenters. The summed E-state index contributed by atoms with van der Waals surface area (Å²) in [6.45, 7) is 7.86. The van der Waals surface area contributed by atoms with Gasteiger partial charge in [0.25, 0.3) is 0 Å². The van der Waals surface area contributed by atoms with Gasteiger partial charge in [-0.05, 0) is 44.0 Å². The number of rotatable bonds is 7. The molecule has 0 unspecified atom stereocenters. The largest absolute Gasteiger partial charge is 0.350 e. The molecule has 0 amide bonds. The summed E-state index contributed by atoms with van der Waals surface area (Å²) in [6.07, 6.45) is 3.58. The fourth-order valence-corrected chi connectivity index (χ4v) is 2.77. The van der Waals surface area contributed by atoms with Crippen molar-refractivity contribution < 1.29 is 0 Å². The maximum Gasteiger partial charge on any atom is 0.225 e. The first-order chi connectivity index (χ1) is 12.6. The third kappa shape index (κ3) is 4.79. The number of hydrogen-bond acceptors (Lipinski definition) is 5. The standard InChI is InChI=1S/C21H25N5/c1-16(2)26(15-19-7-5-4-6-8-19)20-13-17(3)24-21(25-20)23-14-18-9-11-22-12-10-18/h4-13,16H,14-15H2,1-3H3,(H,23,24,25). The predicted octanol–water partition coefficient (Wildman–Crippen LogP) is 4.21. The minimum atomic E-state index is 0.331. The Morgan fingerprint density at radius 1 is 0.962 bits per heavy atom. The average Bonchev–Trinajstić information content (AvgIpc) is 2.65. The van der Waals surface area contributed by atoms with Crippen molar-refractivity contribution in [2.45, 2.75) is 39.9 Å². The summed E-state index contributed by atoms with van der Waals surface area (Å²) in [5.41, 5.74) is 3.37.